The molecule has 104 valence electrons. The van der Waals surface area contributed by atoms with E-state index in [-0.39, 0.29) is 17.2 Å². The molecule has 1 aromatic heterocycles. The highest BCUT2D eigenvalue weighted by Gasteiger charge is 2.10. The first-order valence-electron chi connectivity index (χ1n) is 6.57. The maximum absolute atomic E-state index is 12.1. The van der Waals surface area contributed by atoms with E-state index in [1.807, 2.05) is 38.1 Å². The van der Waals surface area contributed by atoms with Crippen LogP contribution in [0.5, 0.6) is 0 Å². The van der Waals surface area contributed by atoms with Crippen LogP contribution in [-0.2, 0) is 6.54 Å². The number of aromatic nitrogens is 2. The molecule has 0 aliphatic carbocycles. The van der Waals surface area contributed by atoms with Gasteiger partial charge in [0.1, 0.15) is 5.69 Å². The third kappa shape index (κ3) is 3.12. The molecule has 20 heavy (non-hydrogen) atoms. The Bertz CT molecular complexity index is 677. The van der Waals surface area contributed by atoms with Crippen molar-refractivity contribution in [3.8, 4) is 0 Å². The summed E-state index contributed by atoms with van der Waals surface area (Å²) in [5.41, 5.74) is 1.76. The summed E-state index contributed by atoms with van der Waals surface area (Å²) >= 11 is 0. The lowest BCUT2D eigenvalue weighted by Crippen LogP contribution is -2.26. The molecular weight excluding hydrogens is 254 g/mol. The normalized spacial score (nSPS) is 10.3. The maximum Gasteiger partial charge on any atom is 0.276 e. The van der Waals surface area contributed by atoms with Crippen LogP contribution in [0.3, 0.4) is 0 Å². The van der Waals surface area contributed by atoms with Crippen LogP contribution in [-0.4, -0.2) is 15.7 Å². The van der Waals surface area contributed by atoms with E-state index in [2.05, 4.69) is 10.4 Å². The number of para-hydroxylation sites is 1. The van der Waals surface area contributed by atoms with E-state index in [0.29, 0.717) is 6.54 Å². The molecule has 0 unspecified atom stereocenters. The second-order valence-electron chi connectivity index (χ2n) is 4.55. The molecule has 0 radical (unpaired) electrons. The molecule has 0 aliphatic heterocycles. The second-order valence-corrected chi connectivity index (χ2v) is 4.55. The van der Waals surface area contributed by atoms with Crippen molar-refractivity contribution in [2.45, 2.75) is 26.8 Å². The first kappa shape index (κ1) is 14.0. The molecule has 0 aliphatic rings. The Morgan fingerprint density at radius 3 is 2.70 bits per heavy atom. The van der Waals surface area contributed by atoms with Crippen molar-refractivity contribution in [1.29, 1.82) is 0 Å². The minimum atomic E-state index is -0.316. The van der Waals surface area contributed by atoms with Gasteiger partial charge in [-0.15, -0.1) is 0 Å². The molecule has 0 spiro atoms. The zero-order chi connectivity index (χ0) is 14.5. The van der Waals surface area contributed by atoms with Crippen molar-refractivity contribution in [1.82, 2.24) is 9.78 Å². The summed E-state index contributed by atoms with van der Waals surface area (Å²) in [5.74, 6) is -0.316. The van der Waals surface area contributed by atoms with Gasteiger partial charge in [-0.3, -0.25) is 9.59 Å². The van der Waals surface area contributed by atoms with Crippen LogP contribution in [0.4, 0.5) is 5.69 Å². The van der Waals surface area contributed by atoms with Gasteiger partial charge in [-0.05, 0) is 31.0 Å². The Balaban J connectivity index is 2.24. The number of anilines is 1. The van der Waals surface area contributed by atoms with Gasteiger partial charge in [0.25, 0.3) is 11.5 Å². The van der Waals surface area contributed by atoms with Crippen molar-refractivity contribution >= 4 is 11.6 Å². The fraction of sp³-hybridized carbons (Fsp3) is 0.267. The number of hydrogen-bond donors (Lipinski definition) is 1. The molecule has 5 heteroatoms. The zero-order valence-corrected chi connectivity index (χ0v) is 11.6. The summed E-state index contributed by atoms with van der Waals surface area (Å²) in [6.45, 7) is 4.37. The van der Waals surface area contributed by atoms with E-state index in [1.165, 1.54) is 16.8 Å². The lowest BCUT2D eigenvalue weighted by atomic mass is 10.2. The molecule has 2 aromatic rings. The summed E-state index contributed by atoms with van der Waals surface area (Å²) in [5, 5.41) is 6.88. The molecular formula is C15H17N3O2. The molecule has 0 saturated carbocycles. The van der Waals surface area contributed by atoms with Crippen LogP contribution in [0.1, 0.15) is 29.4 Å². The van der Waals surface area contributed by atoms with Gasteiger partial charge >= 0.3 is 0 Å². The molecule has 1 aromatic carbocycles. The minimum Gasteiger partial charge on any atom is -0.320 e. The number of amides is 1. The molecule has 0 saturated heterocycles. The minimum absolute atomic E-state index is 0.195. The van der Waals surface area contributed by atoms with Crippen LogP contribution in [0, 0.1) is 6.92 Å². The Kier molecular flexibility index (Phi) is 4.30. The number of aryl methyl sites for hydroxylation is 2. The molecule has 0 fully saturated rings. The van der Waals surface area contributed by atoms with Crippen molar-refractivity contribution < 1.29 is 4.79 Å². The van der Waals surface area contributed by atoms with E-state index < -0.39 is 0 Å². The predicted molar refractivity (Wildman–Crippen MR) is 77.9 cm³/mol. The van der Waals surface area contributed by atoms with Crippen LogP contribution >= 0.6 is 0 Å². The number of benzene rings is 1. The molecule has 5 nitrogen and oxygen atoms in total. The summed E-state index contributed by atoms with van der Waals surface area (Å²) in [6, 6.07) is 10.3. The summed E-state index contributed by atoms with van der Waals surface area (Å²) in [4.78, 5) is 23.7. The highest BCUT2D eigenvalue weighted by Crippen LogP contribution is 2.13. The Morgan fingerprint density at radius 2 is 2.00 bits per heavy atom. The number of hydrogen-bond acceptors (Lipinski definition) is 3. The number of nitrogens with zero attached hydrogens (tertiary/aromatic N) is 2. The molecule has 1 N–H and O–H groups in total. The first-order chi connectivity index (χ1) is 9.61. The average molecular weight is 271 g/mol. The van der Waals surface area contributed by atoms with Crippen molar-refractivity contribution in [2.24, 2.45) is 0 Å². The van der Waals surface area contributed by atoms with Crippen LogP contribution < -0.4 is 10.9 Å². The monoisotopic (exact) mass is 271 g/mol. The van der Waals surface area contributed by atoms with Crippen LogP contribution in [0.25, 0.3) is 0 Å². The number of carbonyl (C=O) groups excluding carboxylic acids is 1. The van der Waals surface area contributed by atoms with Gasteiger partial charge in [0, 0.05) is 18.3 Å². The van der Waals surface area contributed by atoms with E-state index in [9.17, 15) is 9.59 Å². The van der Waals surface area contributed by atoms with E-state index >= 15 is 0 Å². The fourth-order valence-electron chi connectivity index (χ4n) is 1.84. The number of nitrogens with one attached hydrogen (secondary N) is 1. The van der Waals surface area contributed by atoms with Gasteiger partial charge in [-0.2, -0.15) is 5.10 Å². The Hall–Kier alpha value is -2.43. The number of carbonyl (C=O) groups is 1. The van der Waals surface area contributed by atoms with Gasteiger partial charge in [0.15, 0.2) is 0 Å². The Labute approximate surface area is 117 Å². The predicted octanol–water partition coefficient (Wildman–Crippen LogP) is 2.21. The second kappa shape index (κ2) is 6.14. The largest absolute Gasteiger partial charge is 0.320 e. The third-order valence-corrected chi connectivity index (χ3v) is 2.93. The van der Waals surface area contributed by atoms with E-state index in [4.69, 9.17) is 0 Å². The van der Waals surface area contributed by atoms with Crippen LogP contribution in [0.15, 0.2) is 41.2 Å². The quantitative estimate of drug-likeness (QED) is 0.927. The van der Waals surface area contributed by atoms with E-state index in [0.717, 1.165) is 17.7 Å². The molecule has 0 bridgehead atoms. The van der Waals surface area contributed by atoms with Crippen molar-refractivity contribution in [3.05, 3.63) is 58.0 Å². The SMILES string of the molecule is CCCn1nc(C(=O)Nc2ccccc2C)ccc1=O. The van der Waals surface area contributed by atoms with Crippen molar-refractivity contribution in [2.75, 3.05) is 5.32 Å². The van der Waals surface area contributed by atoms with Gasteiger partial charge in [-0.1, -0.05) is 25.1 Å². The van der Waals surface area contributed by atoms with Gasteiger partial charge < -0.3 is 5.32 Å². The summed E-state index contributed by atoms with van der Waals surface area (Å²) in [6.07, 6.45) is 0.787. The van der Waals surface area contributed by atoms with Crippen LogP contribution in [0.2, 0.25) is 0 Å². The lowest BCUT2D eigenvalue weighted by Gasteiger charge is -2.08. The van der Waals surface area contributed by atoms with Gasteiger partial charge in [0.05, 0.1) is 0 Å². The molecule has 1 amide bonds. The average Bonchev–Trinajstić information content (AvgIpc) is 2.44. The highest BCUT2D eigenvalue weighted by molar-refractivity contribution is 6.03. The summed E-state index contributed by atoms with van der Waals surface area (Å²) < 4.78 is 1.31. The molecule has 1 heterocycles. The molecule has 0 atom stereocenters. The van der Waals surface area contributed by atoms with E-state index in [1.54, 1.807) is 0 Å². The Morgan fingerprint density at radius 1 is 1.25 bits per heavy atom. The van der Waals surface area contributed by atoms with Gasteiger partial charge in [0.2, 0.25) is 0 Å². The smallest absolute Gasteiger partial charge is 0.276 e. The lowest BCUT2D eigenvalue weighted by molar-refractivity contribution is 0.101. The fourth-order valence-corrected chi connectivity index (χ4v) is 1.84. The number of rotatable bonds is 4. The van der Waals surface area contributed by atoms with Gasteiger partial charge in [-0.25, -0.2) is 4.68 Å². The highest BCUT2D eigenvalue weighted by atomic mass is 16.2. The van der Waals surface area contributed by atoms with Crippen molar-refractivity contribution in [3.63, 3.8) is 0 Å². The standard InChI is InChI=1S/C15H17N3O2/c1-3-10-18-14(19)9-8-13(17-18)15(20)16-12-7-5-4-6-11(12)2/h4-9H,3,10H2,1-2H3,(H,16,20). The summed E-state index contributed by atoms with van der Waals surface area (Å²) in [7, 11) is 0. The topological polar surface area (TPSA) is 64.0 Å². The first-order valence-corrected chi connectivity index (χ1v) is 6.57. The maximum atomic E-state index is 12.1. The molecule has 2 rings (SSSR count). The third-order valence-electron chi connectivity index (χ3n) is 2.93. The zero-order valence-electron chi connectivity index (χ0n) is 11.6.